The van der Waals surface area contributed by atoms with Crippen molar-refractivity contribution in [2.45, 2.75) is 26.5 Å². The van der Waals surface area contributed by atoms with Crippen LogP contribution < -0.4 is 15.0 Å². The van der Waals surface area contributed by atoms with Crippen LogP contribution in [0.3, 0.4) is 0 Å². The maximum atomic E-state index is 13.7. The standard InChI is InChI=1S/C20H19FN2O4/c1-12(24)14-7-8-18-17(9-14)23(20(26)13(2)27-18)11-19(25)22-10-15-5-3-4-6-16(15)21/h3-9,13H,10-11H2,1-2H3,(H,22,25). The van der Waals surface area contributed by atoms with Crippen molar-refractivity contribution in [3.8, 4) is 5.75 Å². The molecule has 1 atom stereocenters. The van der Waals surface area contributed by atoms with Gasteiger partial charge in [0, 0.05) is 17.7 Å². The number of amides is 2. The van der Waals surface area contributed by atoms with Crippen LogP contribution in [0, 0.1) is 5.82 Å². The Morgan fingerprint density at radius 3 is 2.67 bits per heavy atom. The number of hydrogen-bond acceptors (Lipinski definition) is 4. The van der Waals surface area contributed by atoms with E-state index >= 15 is 0 Å². The van der Waals surface area contributed by atoms with Gasteiger partial charge in [-0.1, -0.05) is 18.2 Å². The second-order valence-corrected chi connectivity index (χ2v) is 6.29. The molecular weight excluding hydrogens is 351 g/mol. The molecule has 1 unspecified atom stereocenters. The summed E-state index contributed by atoms with van der Waals surface area (Å²) in [7, 11) is 0. The van der Waals surface area contributed by atoms with Gasteiger partial charge in [-0.05, 0) is 38.1 Å². The first kappa shape index (κ1) is 18.6. The number of Topliss-reactive ketones (excluding diaryl/α,β-unsaturated/α-hetero) is 1. The van der Waals surface area contributed by atoms with Gasteiger partial charge in [0.1, 0.15) is 18.1 Å². The fourth-order valence-corrected chi connectivity index (χ4v) is 2.82. The Hall–Kier alpha value is -3.22. The molecule has 7 heteroatoms. The fraction of sp³-hybridized carbons (Fsp3) is 0.250. The molecular formula is C20H19FN2O4. The molecule has 0 fully saturated rings. The minimum atomic E-state index is -0.750. The van der Waals surface area contributed by atoms with Crippen LogP contribution in [0.5, 0.6) is 5.75 Å². The number of ketones is 1. The molecule has 1 heterocycles. The molecule has 0 saturated carbocycles. The van der Waals surface area contributed by atoms with E-state index in [-0.39, 0.29) is 24.8 Å². The number of anilines is 1. The van der Waals surface area contributed by atoms with Crippen molar-refractivity contribution in [1.82, 2.24) is 5.32 Å². The van der Waals surface area contributed by atoms with Gasteiger partial charge in [-0.3, -0.25) is 19.3 Å². The number of fused-ring (bicyclic) bond motifs is 1. The number of hydrogen-bond donors (Lipinski definition) is 1. The van der Waals surface area contributed by atoms with Gasteiger partial charge < -0.3 is 10.1 Å². The predicted molar refractivity (Wildman–Crippen MR) is 97.1 cm³/mol. The molecule has 0 aromatic heterocycles. The van der Waals surface area contributed by atoms with Crippen molar-refractivity contribution >= 4 is 23.3 Å². The third kappa shape index (κ3) is 3.97. The second-order valence-electron chi connectivity index (χ2n) is 6.29. The van der Waals surface area contributed by atoms with Crippen LogP contribution in [0.4, 0.5) is 10.1 Å². The van der Waals surface area contributed by atoms with Gasteiger partial charge in [0.25, 0.3) is 5.91 Å². The lowest BCUT2D eigenvalue weighted by Crippen LogP contribution is -2.48. The Kier molecular flexibility index (Phi) is 5.21. The number of ether oxygens (including phenoxy) is 1. The molecule has 0 bridgehead atoms. The lowest BCUT2D eigenvalue weighted by Gasteiger charge is -2.32. The molecule has 1 aliphatic rings. The zero-order chi connectivity index (χ0) is 19.6. The molecule has 0 saturated heterocycles. The Morgan fingerprint density at radius 1 is 1.22 bits per heavy atom. The van der Waals surface area contributed by atoms with Gasteiger partial charge in [0.2, 0.25) is 5.91 Å². The second kappa shape index (κ2) is 7.57. The third-order valence-corrected chi connectivity index (χ3v) is 4.31. The van der Waals surface area contributed by atoms with Gasteiger partial charge in [-0.25, -0.2) is 4.39 Å². The molecule has 0 spiro atoms. The largest absolute Gasteiger partial charge is 0.479 e. The smallest absolute Gasteiger partial charge is 0.268 e. The quantitative estimate of drug-likeness (QED) is 0.821. The van der Waals surface area contributed by atoms with Gasteiger partial charge in [-0.15, -0.1) is 0 Å². The molecule has 2 aromatic carbocycles. The van der Waals surface area contributed by atoms with E-state index in [1.54, 1.807) is 37.3 Å². The van der Waals surface area contributed by atoms with Crippen LogP contribution in [0.25, 0.3) is 0 Å². The summed E-state index contributed by atoms with van der Waals surface area (Å²) in [5.74, 6) is -0.976. The monoisotopic (exact) mass is 370 g/mol. The first-order valence-corrected chi connectivity index (χ1v) is 8.50. The van der Waals surface area contributed by atoms with Crippen LogP contribution >= 0.6 is 0 Å². The third-order valence-electron chi connectivity index (χ3n) is 4.31. The van der Waals surface area contributed by atoms with E-state index in [0.717, 1.165) is 0 Å². The summed E-state index contributed by atoms with van der Waals surface area (Å²) in [6.07, 6.45) is -0.750. The highest BCUT2D eigenvalue weighted by Crippen LogP contribution is 2.34. The molecule has 0 radical (unpaired) electrons. The molecule has 3 rings (SSSR count). The van der Waals surface area contributed by atoms with Crippen LogP contribution in [0.15, 0.2) is 42.5 Å². The Morgan fingerprint density at radius 2 is 1.96 bits per heavy atom. The molecule has 140 valence electrons. The van der Waals surface area contributed by atoms with Gasteiger partial charge in [-0.2, -0.15) is 0 Å². The van der Waals surface area contributed by atoms with Crippen LogP contribution in [-0.4, -0.2) is 30.2 Å². The molecule has 6 nitrogen and oxygen atoms in total. The molecule has 1 N–H and O–H groups in total. The molecule has 27 heavy (non-hydrogen) atoms. The summed E-state index contributed by atoms with van der Waals surface area (Å²) in [4.78, 5) is 37.8. The highest BCUT2D eigenvalue weighted by molar-refractivity contribution is 6.05. The van der Waals surface area contributed by atoms with Crippen LogP contribution in [-0.2, 0) is 16.1 Å². The molecule has 2 amide bonds. The van der Waals surface area contributed by atoms with E-state index in [2.05, 4.69) is 5.32 Å². The SMILES string of the molecule is CC(=O)c1ccc2c(c1)N(CC(=O)NCc1ccccc1F)C(=O)C(C)O2. The van der Waals surface area contributed by atoms with E-state index in [0.29, 0.717) is 22.6 Å². The average Bonchev–Trinajstić information content (AvgIpc) is 2.64. The summed E-state index contributed by atoms with van der Waals surface area (Å²) in [5, 5.41) is 2.61. The van der Waals surface area contributed by atoms with E-state index in [1.807, 2.05) is 0 Å². The van der Waals surface area contributed by atoms with Crippen molar-refractivity contribution in [1.29, 1.82) is 0 Å². The van der Waals surface area contributed by atoms with Crippen molar-refractivity contribution < 1.29 is 23.5 Å². The van der Waals surface area contributed by atoms with Crippen LogP contribution in [0.2, 0.25) is 0 Å². The maximum absolute atomic E-state index is 13.7. The Bertz CT molecular complexity index is 913. The number of nitrogens with zero attached hydrogens (tertiary/aromatic N) is 1. The molecule has 1 aliphatic heterocycles. The summed E-state index contributed by atoms with van der Waals surface area (Å²) < 4.78 is 19.2. The molecule has 2 aromatic rings. The summed E-state index contributed by atoms with van der Waals surface area (Å²) in [5.41, 5.74) is 1.13. The normalized spacial score (nSPS) is 15.7. The van der Waals surface area contributed by atoms with Crippen molar-refractivity contribution in [3.05, 3.63) is 59.4 Å². The molecule has 0 aliphatic carbocycles. The zero-order valence-electron chi connectivity index (χ0n) is 15.0. The van der Waals surface area contributed by atoms with Gasteiger partial charge in [0.15, 0.2) is 11.9 Å². The van der Waals surface area contributed by atoms with E-state index < -0.39 is 17.8 Å². The highest BCUT2D eigenvalue weighted by atomic mass is 19.1. The number of rotatable bonds is 5. The van der Waals surface area contributed by atoms with E-state index in [9.17, 15) is 18.8 Å². The van der Waals surface area contributed by atoms with E-state index in [4.69, 9.17) is 4.74 Å². The Labute approximate surface area is 155 Å². The maximum Gasteiger partial charge on any atom is 0.268 e. The Balaban J connectivity index is 1.78. The fourth-order valence-electron chi connectivity index (χ4n) is 2.82. The lowest BCUT2D eigenvalue weighted by atomic mass is 10.1. The minimum Gasteiger partial charge on any atom is -0.479 e. The number of carbonyl (C=O) groups is 3. The highest BCUT2D eigenvalue weighted by Gasteiger charge is 2.33. The van der Waals surface area contributed by atoms with E-state index in [1.165, 1.54) is 24.0 Å². The van der Waals surface area contributed by atoms with Crippen molar-refractivity contribution in [2.24, 2.45) is 0 Å². The topological polar surface area (TPSA) is 75.7 Å². The number of halogens is 1. The number of nitrogens with one attached hydrogen (secondary N) is 1. The first-order chi connectivity index (χ1) is 12.9. The summed E-state index contributed by atoms with van der Waals surface area (Å²) in [6.45, 7) is 2.77. The zero-order valence-corrected chi connectivity index (χ0v) is 15.0. The number of carbonyl (C=O) groups excluding carboxylic acids is 3. The summed E-state index contributed by atoms with van der Waals surface area (Å²) >= 11 is 0. The predicted octanol–water partition coefficient (Wildman–Crippen LogP) is 2.46. The summed E-state index contributed by atoms with van der Waals surface area (Å²) in [6, 6.07) is 10.9. The average molecular weight is 370 g/mol. The minimum absolute atomic E-state index is 0.0138. The first-order valence-electron chi connectivity index (χ1n) is 8.50. The van der Waals surface area contributed by atoms with Gasteiger partial charge in [0.05, 0.1) is 5.69 Å². The van der Waals surface area contributed by atoms with Crippen LogP contribution in [0.1, 0.15) is 29.8 Å². The lowest BCUT2D eigenvalue weighted by molar-refractivity contribution is -0.128. The van der Waals surface area contributed by atoms with Crippen molar-refractivity contribution in [2.75, 3.05) is 11.4 Å². The number of benzene rings is 2. The van der Waals surface area contributed by atoms with Crippen molar-refractivity contribution in [3.63, 3.8) is 0 Å². The van der Waals surface area contributed by atoms with Gasteiger partial charge >= 0.3 is 0 Å².